The Kier molecular flexibility index (Phi) is 7.71. The van der Waals surface area contributed by atoms with E-state index in [9.17, 15) is 0 Å². The molecule has 156 valence electrons. The molecule has 3 aliphatic heterocycles. The average Bonchev–Trinajstić information content (AvgIpc) is 3.29. The summed E-state index contributed by atoms with van der Waals surface area (Å²) in [5, 5.41) is 7.23. The lowest BCUT2D eigenvalue weighted by atomic mass is 9.96. The summed E-state index contributed by atoms with van der Waals surface area (Å²) in [6, 6.07) is 1.08. The van der Waals surface area contributed by atoms with Gasteiger partial charge in [0.1, 0.15) is 0 Å². The van der Waals surface area contributed by atoms with Crippen LogP contribution in [-0.2, 0) is 4.74 Å². The fraction of sp³-hybridized carbons (Fsp3) is 0.950. The zero-order valence-electron chi connectivity index (χ0n) is 17.7. The van der Waals surface area contributed by atoms with E-state index in [0.717, 1.165) is 51.9 Å². The van der Waals surface area contributed by atoms with Crippen LogP contribution in [0.4, 0.5) is 0 Å². The number of guanidine groups is 1. The number of hydrogen-bond acceptors (Lipinski definition) is 5. The minimum Gasteiger partial charge on any atom is -0.379 e. The van der Waals surface area contributed by atoms with Crippen LogP contribution in [-0.4, -0.2) is 97.4 Å². The van der Waals surface area contributed by atoms with E-state index >= 15 is 0 Å². The van der Waals surface area contributed by atoms with Crippen LogP contribution in [0.15, 0.2) is 4.99 Å². The largest absolute Gasteiger partial charge is 0.379 e. The van der Waals surface area contributed by atoms with E-state index in [4.69, 9.17) is 9.73 Å². The van der Waals surface area contributed by atoms with E-state index in [1.165, 1.54) is 24.5 Å². The van der Waals surface area contributed by atoms with Gasteiger partial charge in [0.05, 0.1) is 25.3 Å². The van der Waals surface area contributed by atoms with E-state index in [1.807, 2.05) is 0 Å². The molecule has 3 heterocycles. The number of rotatable bonds is 6. The van der Waals surface area contributed by atoms with Crippen molar-refractivity contribution in [3.05, 3.63) is 0 Å². The second-order valence-electron chi connectivity index (χ2n) is 8.60. The molecule has 3 atom stereocenters. The monoisotopic (exact) mass is 397 g/mol. The van der Waals surface area contributed by atoms with Crippen molar-refractivity contribution in [3.63, 3.8) is 0 Å². The summed E-state index contributed by atoms with van der Waals surface area (Å²) in [5.74, 6) is 4.08. The number of ether oxygens (including phenoxy) is 1. The zero-order chi connectivity index (χ0) is 19.3. The molecule has 0 spiro atoms. The van der Waals surface area contributed by atoms with Crippen molar-refractivity contribution in [1.82, 2.24) is 20.4 Å². The molecule has 27 heavy (non-hydrogen) atoms. The molecule has 3 unspecified atom stereocenters. The van der Waals surface area contributed by atoms with Crippen molar-refractivity contribution in [2.24, 2.45) is 10.9 Å². The lowest BCUT2D eigenvalue weighted by Gasteiger charge is -2.42. The van der Waals surface area contributed by atoms with E-state index < -0.39 is 0 Å². The molecule has 3 aliphatic rings. The predicted octanol–water partition coefficient (Wildman–Crippen LogP) is 1.48. The predicted molar refractivity (Wildman–Crippen MR) is 116 cm³/mol. The Bertz CT molecular complexity index is 489. The number of aliphatic imine (C=N–C) groups is 1. The number of thioether (sulfide) groups is 1. The summed E-state index contributed by atoms with van der Waals surface area (Å²) in [7, 11) is 0. The van der Waals surface area contributed by atoms with E-state index in [1.54, 1.807) is 0 Å². The van der Waals surface area contributed by atoms with Crippen LogP contribution in [0.25, 0.3) is 0 Å². The molecule has 0 amide bonds. The topological polar surface area (TPSA) is 52.1 Å². The minimum atomic E-state index is 0.210. The van der Waals surface area contributed by atoms with Crippen molar-refractivity contribution in [1.29, 1.82) is 0 Å². The molecule has 0 radical (unpaired) electrons. The SMILES string of the molecule is CCNC(=NCC1(N2CCOCC2)CCSC1)NC1CN(C(C)C)CC1C. The number of likely N-dealkylation sites (tertiary alicyclic amines) is 1. The minimum absolute atomic E-state index is 0.210. The highest BCUT2D eigenvalue weighted by Gasteiger charge is 2.41. The molecule has 0 aliphatic carbocycles. The van der Waals surface area contributed by atoms with Gasteiger partial charge in [-0.3, -0.25) is 14.8 Å². The summed E-state index contributed by atoms with van der Waals surface area (Å²) in [4.78, 5) is 10.3. The van der Waals surface area contributed by atoms with Crippen molar-refractivity contribution < 1.29 is 4.74 Å². The van der Waals surface area contributed by atoms with Crippen LogP contribution in [0.5, 0.6) is 0 Å². The fourth-order valence-electron chi connectivity index (χ4n) is 4.44. The van der Waals surface area contributed by atoms with Crippen LogP contribution >= 0.6 is 11.8 Å². The van der Waals surface area contributed by atoms with Gasteiger partial charge in [0.15, 0.2) is 5.96 Å². The van der Waals surface area contributed by atoms with Crippen molar-refractivity contribution in [3.8, 4) is 0 Å². The van der Waals surface area contributed by atoms with Gasteiger partial charge in [-0.1, -0.05) is 6.92 Å². The molecular formula is C20H39N5OS. The van der Waals surface area contributed by atoms with Crippen molar-refractivity contribution >= 4 is 17.7 Å². The van der Waals surface area contributed by atoms with Gasteiger partial charge in [0.25, 0.3) is 0 Å². The lowest BCUT2D eigenvalue weighted by molar-refractivity contribution is -0.0104. The average molecular weight is 398 g/mol. The molecule has 0 aromatic carbocycles. The van der Waals surface area contributed by atoms with Crippen molar-refractivity contribution in [2.45, 2.75) is 51.7 Å². The Morgan fingerprint density at radius 2 is 2.07 bits per heavy atom. The molecule has 7 heteroatoms. The summed E-state index contributed by atoms with van der Waals surface area (Å²) < 4.78 is 5.58. The Labute approximate surface area is 169 Å². The fourth-order valence-corrected chi connectivity index (χ4v) is 5.91. The summed E-state index contributed by atoms with van der Waals surface area (Å²) in [5.41, 5.74) is 0.210. The van der Waals surface area contributed by atoms with Crippen molar-refractivity contribution in [2.75, 3.05) is 64.0 Å². The second-order valence-corrected chi connectivity index (χ2v) is 9.70. The summed E-state index contributed by atoms with van der Waals surface area (Å²) in [6.07, 6.45) is 1.24. The van der Waals surface area contributed by atoms with Crippen LogP contribution in [0.1, 0.15) is 34.1 Å². The Morgan fingerprint density at radius 1 is 1.30 bits per heavy atom. The third-order valence-corrected chi connectivity index (χ3v) is 7.57. The number of morpholine rings is 1. The second kappa shape index (κ2) is 9.81. The first-order chi connectivity index (χ1) is 13.0. The van der Waals surface area contributed by atoms with Crippen LogP contribution < -0.4 is 10.6 Å². The van der Waals surface area contributed by atoms with Gasteiger partial charge in [0.2, 0.25) is 0 Å². The number of hydrogen-bond donors (Lipinski definition) is 2. The normalized spacial score (nSPS) is 33.7. The quantitative estimate of drug-likeness (QED) is 0.523. The molecule has 0 bridgehead atoms. The van der Waals surface area contributed by atoms with E-state index in [0.29, 0.717) is 18.0 Å². The molecule has 0 saturated carbocycles. The Morgan fingerprint density at radius 3 is 2.67 bits per heavy atom. The standard InChI is InChI=1S/C20H39N5OS/c1-5-21-19(23-18-13-24(16(2)3)12-17(18)4)22-14-20(6-11-27-15-20)25-7-9-26-10-8-25/h16-18H,5-15H2,1-4H3,(H2,21,22,23). The number of nitrogens with zero attached hydrogens (tertiary/aromatic N) is 3. The van der Waals surface area contributed by atoms with Gasteiger partial charge in [-0.05, 0) is 38.9 Å². The first kappa shape index (κ1) is 21.2. The summed E-state index contributed by atoms with van der Waals surface area (Å²) >= 11 is 2.08. The molecule has 3 saturated heterocycles. The van der Waals surface area contributed by atoms with Gasteiger partial charge < -0.3 is 15.4 Å². The Hall–Kier alpha value is -0.500. The van der Waals surface area contributed by atoms with Crippen LogP contribution in [0, 0.1) is 5.92 Å². The molecule has 0 aromatic rings. The third-order valence-electron chi connectivity index (χ3n) is 6.33. The first-order valence-electron chi connectivity index (χ1n) is 10.7. The molecular weight excluding hydrogens is 358 g/mol. The van der Waals surface area contributed by atoms with Gasteiger partial charge in [-0.15, -0.1) is 0 Å². The van der Waals surface area contributed by atoms with E-state index in [-0.39, 0.29) is 5.54 Å². The maximum Gasteiger partial charge on any atom is 0.191 e. The maximum atomic E-state index is 5.58. The van der Waals surface area contributed by atoms with Gasteiger partial charge in [-0.2, -0.15) is 11.8 Å². The van der Waals surface area contributed by atoms with Crippen LogP contribution in [0.3, 0.4) is 0 Å². The highest BCUT2D eigenvalue weighted by molar-refractivity contribution is 7.99. The third kappa shape index (κ3) is 5.31. The highest BCUT2D eigenvalue weighted by Crippen LogP contribution is 2.34. The van der Waals surface area contributed by atoms with Gasteiger partial charge >= 0.3 is 0 Å². The first-order valence-corrected chi connectivity index (χ1v) is 11.9. The summed E-state index contributed by atoms with van der Waals surface area (Å²) in [6.45, 7) is 17.0. The Balaban J connectivity index is 1.65. The molecule has 2 N–H and O–H groups in total. The highest BCUT2D eigenvalue weighted by atomic mass is 32.2. The smallest absolute Gasteiger partial charge is 0.191 e. The van der Waals surface area contributed by atoms with Gasteiger partial charge in [-0.25, -0.2) is 0 Å². The maximum absolute atomic E-state index is 5.58. The zero-order valence-corrected chi connectivity index (χ0v) is 18.5. The van der Waals surface area contributed by atoms with Gasteiger partial charge in [0, 0.05) is 50.6 Å². The molecule has 0 aromatic heterocycles. The van der Waals surface area contributed by atoms with E-state index in [2.05, 4.69) is 59.9 Å². The number of nitrogens with one attached hydrogen (secondary N) is 2. The van der Waals surface area contributed by atoms with Crippen LogP contribution in [0.2, 0.25) is 0 Å². The molecule has 3 rings (SSSR count). The molecule has 3 fully saturated rings. The molecule has 6 nitrogen and oxygen atoms in total. The lowest BCUT2D eigenvalue weighted by Crippen LogP contribution is -2.56.